The summed E-state index contributed by atoms with van der Waals surface area (Å²) in [7, 11) is 0. The lowest BCUT2D eigenvalue weighted by Gasteiger charge is -2.16. The van der Waals surface area contributed by atoms with Gasteiger partial charge >= 0.3 is 0 Å². The molecule has 0 saturated carbocycles. The fourth-order valence-electron chi connectivity index (χ4n) is 12.6. The first-order chi connectivity index (χ1) is 42.5. The molecule has 0 N–H and O–H groups in total. The predicted octanol–water partition coefficient (Wildman–Crippen LogP) is 24.8. The Kier molecular flexibility index (Phi) is 13.1. The second-order valence-electron chi connectivity index (χ2n) is 22.4. The first kappa shape index (κ1) is 51.2. The second kappa shape index (κ2) is 21.9. The lowest BCUT2D eigenvalue weighted by Crippen LogP contribution is -1.90. The quantitative estimate of drug-likeness (QED) is 0.121. The van der Waals surface area contributed by atoms with Crippen LogP contribution in [0.3, 0.4) is 0 Å². The predicted molar refractivity (Wildman–Crippen MR) is 372 cm³/mol. The zero-order chi connectivity index (χ0) is 56.9. The molecule has 16 aromatic rings. The van der Waals surface area contributed by atoms with Gasteiger partial charge in [-0.3, -0.25) is 0 Å². The number of benzene rings is 14. The van der Waals surface area contributed by atoms with Crippen molar-refractivity contribution in [2.45, 2.75) is 0 Å². The van der Waals surface area contributed by atoms with Crippen LogP contribution in [0.5, 0.6) is 0 Å². The average molecular weight is 1130 g/mol. The summed E-state index contributed by atoms with van der Waals surface area (Å²) in [4.78, 5) is 0. The minimum Gasteiger partial charge on any atom is -0.135 e. The first-order valence-electron chi connectivity index (χ1n) is 29.4. The van der Waals surface area contributed by atoms with Gasteiger partial charge in [0.1, 0.15) is 0 Å². The molecule has 2 heterocycles. The summed E-state index contributed by atoms with van der Waals surface area (Å²) in [5.41, 5.74) is 26.0. The summed E-state index contributed by atoms with van der Waals surface area (Å²) >= 11 is 3.74. The van der Waals surface area contributed by atoms with E-state index in [1.54, 1.807) is 0 Å². The molecule has 16 rings (SSSR count). The van der Waals surface area contributed by atoms with Crippen molar-refractivity contribution in [2.24, 2.45) is 0 Å². The fourth-order valence-corrected chi connectivity index (χ4v) is 14.9. The van der Waals surface area contributed by atoms with Gasteiger partial charge in [0.05, 0.1) is 0 Å². The minimum atomic E-state index is 1.16. The van der Waals surface area contributed by atoms with Gasteiger partial charge < -0.3 is 0 Å². The highest BCUT2D eigenvalue weighted by Gasteiger charge is 2.17. The fraction of sp³-hybridized carbons (Fsp3) is 0. The maximum atomic E-state index is 2.40. The molecule has 0 unspecified atom stereocenters. The zero-order valence-corrected chi connectivity index (χ0v) is 48.6. The first-order valence-corrected chi connectivity index (χ1v) is 31.0. The van der Waals surface area contributed by atoms with Gasteiger partial charge in [-0.05, 0) is 232 Å². The number of fused-ring (bicyclic) bond motifs is 6. The van der Waals surface area contributed by atoms with E-state index in [1.165, 1.54) is 140 Å². The van der Waals surface area contributed by atoms with Gasteiger partial charge in [0.2, 0.25) is 0 Å². The van der Waals surface area contributed by atoms with Crippen LogP contribution in [-0.4, -0.2) is 0 Å². The van der Waals surface area contributed by atoms with E-state index in [0.29, 0.717) is 0 Å². The number of thiophene rings is 2. The summed E-state index contributed by atoms with van der Waals surface area (Å²) in [6.45, 7) is 0. The second-order valence-corrected chi connectivity index (χ2v) is 24.6. The molecule has 0 bridgehead atoms. The van der Waals surface area contributed by atoms with Crippen LogP contribution < -0.4 is 0 Å². The highest BCUT2D eigenvalue weighted by Crippen LogP contribution is 2.44. The molecule has 14 aromatic carbocycles. The van der Waals surface area contributed by atoms with E-state index < -0.39 is 0 Å². The molecule has 86 heavy (non-hydrogen) atoms. The van der Waals surface area contributed by atoms with E-state index in [-0.39, 0.29) is 0 Å². The van der Waals surface area contributed by atoms with E-state index in [4.69, 9.17) is 0 Å². The van der Waals surface area contributed by atoms with Gasteiger partial charge in [-0.2, -0.15) is 0 Å². The Balaban J connectivity index is 0.835. The lowest BCUT2D eigenvalue weighted by molar-refractivity contribution is 1.54. The Bertz CT molecular complexity index is 4760. The van der Waals surface area contributed by atoms with Crippen molar-refractivity contribution in [3.63, 3.8) is 0 Å². The molecule has 2 aromatic heterocycles. The SMILES string of the molecule is c1ccc(-c2cc(-c3ccccc3)cc(-c3cc(-c4cccc(-c5cccc(-c6cc(-c7cc(-c8ccccc8)cc(-c8ccccc8)c7)cc(-c7ccc8c(c7)sc7ccccc78)c6)c5)c4)cc(-c4ccc5c(c4)sc4ccccc45)c3)c2)cc1. The van der Waals surface area contributed by atoms with Crippen molar-refractivity contribution in [2.75, 3.05) is 0 Å². The monoisotopic (exact) mass is 1130 g/mol. The van der Waals surface area contributed by atoms with E-state index in [0.717, 1.165) is 22.3 Å². The van der Waals surface area contributed by atoms with Crippen LogP contribution in [0, 0.1) is 0 Å². The minimum absolute atomic E-state index is 1.16. The molecule has 0 radical (unpaired) electrons. The summed E-state index contributed by atoms with van der Waals surface area (Å²) < 4.78 is 5.21. The van der Waals surface area contributed by atoms with Crippen LogP contribution in [0.4, 0.5) is 0 Å². The molecule has 402 valence electrons. The van der Waals surface area contributed by atoms with E-state index in [1.807, 2.05) is 22.7 Å². The Morgan fingerprint density at radius 1 is 0.116 bits per heavy atom. The van der Waals surface area contributed by atoms with Gasteiger partial charge in [-0.1, -0.05) is 218 Å². The standard InChI is InChI=1S/C84H54S2/c1-5-19-55(20-6-1)65-41-66(56-21-7-2-8-22-56)44-73(43-65)75-49-69(47-71(51-75)63-35-37-79-77-31-13-15-33-81(77)85-83(79)53-63)61-29-17-27-59(39-61)60-28-18-30-62(40-60)70-48-72(64-36-38-80-78-32-14-16-34-82(78)86-84(80)54-64)52-76(50-70)74-45-67(57-23-9-3-10-24-57)42-68(46-74)58-25-11-4-12-26-58/h1-54H. The van der Waals surface area contributed by atoms with Crippen LogP contribution in [0.15, 0.2) is 328 Å². The molecule has 0 aliphatic heterocycles. The van der Waals surface area contributed by atoms with Gasteiger partial charge in [0.15, 0.2) is 0 Å². The Labute approximate surface area is 509 Å². The molecule has 0 aliphatic rings. The van der Waals surface area contributed by atoms with E-state index >= 15 is 0 Å². The highest BCUT2D eigenvalue weighted by atomic mass is 32.1. The van der Waals surface area contributed by atoms with Crippen molar-refractivity contribution >= 4 is 63.0 Å². The Morgan fingerprint density at radius 3 is 0.616 bits per heavy atom. The molecule has 0 amide bonds. The molecule has 0 aliphatic carbocycles. The van der Waals surface area contributed by atoms with Crippen molar-refractivity contribution in [1.82, 2.24) is 0 Å². The molecule has 0 nitrogen and oxygen atoms in total. The van der Waals surface area contributed by atoms with Gasteiger partial charge in [-0.15, -0.1) is 22.7 Å². The molecule has 0 spiro atoms. The van der Waals surface area contributed by atoms with Crippen LogP contribution in [-0.2, 0) is 0 Å². The third kappa shape index (κ3) is 9.91. The van der Waals surface area contributed by atoms with Crippen LogP contribution in [0.25, 0.3) is 163 Å². The molecular formula is C84H54S2. The Morgan fingerprint density at radius 2 is 0.314 bits per heavy atom. The van der Waals surface area contributed by atoms with Crippen molar-refractivity contribution in [3.8, 4) is 122 Å². The molecule has 0 saturated heterocycles. The van der Waals surface area contributed by atoms with E-state index in [9.17, 15) is 0 Å². The number of hydrogen-bond acceptors (Lipinski definition) is 2. The van der Waals surface area contributed by atoms with Crippen LogP contribution in [0.1, 0.15) is 0 Å². The molecular weight excluding hydrogens is 1070 g/mol. The molecule has 2 heteroatoms. The van der Waals surface area contributed by atoms with Gasteiger partial charge in [0.25, 0.3) is 0 Å². The summed E-state index contributed by atoms with van der Waals surface area (Å²) in [5, 5.41) is 5.22. The molecule has 0 atom stereocenters. The van der Waals surface area contributed by atoms with Crippen molar-refractivity contribution < 1.29 is 0 Å². The van der Waals surface area contributed by atoms with Crippen LogP contribution in [0.2, 0.25) is 0 Å². The van der Waals surface area contributed by atoms with Gasteiger partial charge in [0, 0.05) is 40.3 Å². The maximum absolute atomic E-state index is 2.40. The van der Waals surface area contributed by atoms with Crippen LogP contribution >= 0.6 is 22.7 Å². The third-order valence-electron chi connectivity index (χ3n) is 17.0. The smallest absolute Gasteiger partial charge is 0.0361 e. The van der Waals surface area contributed by atoms with E-state index in [2.05, 4.69) is 328 Å². The molecule has 0 fully saturated rings. The zero-order valence-electron chi connectivity index (χ0n) is 47.0. The average Bonchev–Trinajstić information content (AvgIpc) is 2.74. The topological polar surface area (TPSA) is 0 Å². The van der Waals surface area contributed by atoms with Crippen molar-refractivity contribution in [3.05, 3.63) is 328 Å². The number of rotatable bonds is 11. The normalized spacial score (nSPS) is 11.5. The summed E-state index contributed by atoms with van der Waals surface area (Å²) in [6, 6.07) is 122. The Hall–Kier alpha value is -10.5. The third-order valence-corrected chi connectivity index (χ3v) is 19.2. The number of hydrogen-bond donors (Lipinski definition) is 0. The van der Waals surface area contributed by atoms with Gasteiger partial charge in [-0.25, -0.2) is 0 Å². The largest absolute Gasteiger partial charge is 0.135 e. The maximum Gasteiger partial charge on any atom is 0.0361 e. The van der Waals surface area contributed by atoms with Crippen molar-refractivity contribution in [1.29, 1.82) is 0 Å². The highest BCUT2D eigenvalue weighted by molar-refractivity contribution is 7.26. The lowest BCUT2D eigenvalue weighted by atomic mass is 9.88. The summed E-state index contributed by atoms with van der Waals surface area (Å²) in [5.74, 6) is 0. The summed E-state index contributed by atoms with van der Waals surface area (Å²) in [6.07, 6.45) is 0.